The highest BCUT2D eigenvalue weighted by molar-refractivity contribution is 7.18. The van der Waals surface area contributed by atoms with Crippen LogP contribution in [0, 0.1) is 12.3 Å². The lowest BCUT2D eigenvalue weighted by atomic mass is 10.2. The van der Waals surface area contributed by atoms with Crippen LogP contribution in [0.25, 0.3) is 10.2 Å². The second kappa shape index (κ2) is 7.51. The van der Waals surface area contributed by atoms with Gasteiger partial charge in [0.2, 0.25) is 5.95 Å². The van der Waals surface area contributed by atoms with Gasteiger partial charge in [-0.3, -0.25) is 0 Å². The van der Waals surface area contributed by atoms with Crippen molar-refractivity contribution in [3.63, 3.8) is 0 Å². The molecule has 1 atom stereocenters. The Bertz CT molecular complexity index is 899. The fraction of sp³-hybridized carbons (Fsp3) is 0.263. The predicted octanol–water partition coefficient (Wildman–Crippen LogP) is 3.62. The topological polar surface area (TPSA) is 61.3 Å². The maximum absolute atomic E-state index is 9.53. The van der Waals surface area contributed by atoms with Crippen LogP contribution in [0.15, 0.2) is 35.7 Å². The second-order valence-corrected chi connectivity index (χ2v) is 6.53. The van der Waals surface area contributed by atoms with E-state index in [-0.39, 0.29) is 0 Å². The predicted molar refractivity (Wildman–Crippen MR) is 105 cm³/mol. The molecule has 1 unspecified atom stereocenters. The van der Waals surface area contributed by atoms with E-state index in [0.717, 1.165) is 33.8 Å². The maximum Gasteiger partial charge on any atom is 0.225 e. The van der Waals surface area contributed by atoms with Crippen molar-refractivity contribution in [3.05, 3.63) is 41.3 Å². The number of nitrogens with zero attached hydrogens (tertiary/aromatic N) is 3. The highest BCUT2D eigenvalue weighted by atomic mass is 32.1. The zero-order chi connectivity index (χ0) is 17.8. The van der Waals surface area contributed by atoms with E-state index >= 15 is 0 Å². The van der Waals surface area contributed by atoms with E-state index in [1.807, 2.05) is 23.6 Å². The third-order valence-corrected chi connectivity index (χ3v) is 4.71. The summed E-state index contributed by atoms with van der Waals surface area (Å²) in [6.07, 6.45) is 5.13. The van der Waals surface area contributed by atoms with Gasteiger partial charge >= 0.3 is 0 Å². The first kappa shape index (κ1) is 17.2. The van der Waals surface area contributed by atoms with Crippen molar-refractivity contribution >= 4 is 39.0 Å². The molecule has 128 valence electrons. The lowest BCUT2D eigenvalue weighted by molar-refractivity contribution is 0.208. The van der Waals surface area contributed by atoms with E-state index in [1.54, 1.807) is 18.3 Å². The average Bonchev–Trinajstić information content (AvgIpc) is 3.04. The summed E-state index contributed by atoms with van der Waals surface area (Å²) in [5, 5.41) is 14.5. The Hall–Kier alpha value is -2.62. The van der Waals surface area contributed by atoms with Gasteiger partial charge in [0.05, 0.1) is 16.4 Å². The van der Waals surface area contributed by atoms with Crippen molar-refractivity contribution in [2.75, 3.05) is 23.3 Å². The normalized spacial score (nSPS) is 11.9. The largest absolute Gasteiger partial charge is 0.392 e. The quantitative estimate of drug-likeness (QED) is 0.664. The molecule has 0 aliphatic heterocycles. The molecule has 0 saturated carbocycles. The third-order valence-electron chi connectivity index (χ3n) is 3.75. The summed E-state index contributed by atoms with van der Waals surface area (Å²) < 4.78 is 0.959. The van der Waals surface area contributed by atoms with Gasteiger partial charge in [-0.15, -0.1) is 17.8 Å². The van der Waals surface area contributed by atoms with Gasteiger partial charge in [-0.2, -0.15) is 4.98 Å². The van der Waals surface area contributed by atoms with Crippen LogP contribution in [0.5, 0.6) is 0 Å². The number of hydrogen-bond donors (Lipinski definition) is 2. The molecule has 25 heavy (non-hydrogen) atoms. The summed E-state index contributed by atoms with van der Waals surface area (Å²) >= 11 is 1.55. The maximum atomic E-state index is 9.53. The van der Waals surface area contributed by atoms with Crippen LogP contribution >= 0.6 is 11.3 Å². The fourth-order valence-electron chi connectivity index (χ4n) is 2.57. The van der Waals surface area contributed by atoms with Gasteiger partial charge in [0.15, 0.2) is 5.82 Å². The Balaban J connectivity index is 2.14. The van der Waals surface area contributed by atoms with Crippen LogP contribution in [0.3, 0.4) is 0 Å². The van der Waals surface area contributed by atoms with Gasteiger partial charge in [-0.1, -0.05) is 24.1 Å². The Kier molecular flexibility index (Phi) is 5.17. The Morgan fingerprint density at radius 2 is 2.08 bits per heavy atom. The standard InChI is InChI=1S/C19H20N4OS/c1-4-14-12-25-17-16(14)21-19(20-11-13(3)24)22-18(17)23(5-2)15-9-7-6-8-10-15/h1,6-10,12-13,24H,5,11H2,2-3H3,(H,20,21,22). The van der Waals surface area contributed by atoms with E-state index in [0.29, 0.717) is 12.5 Å². The number of aromatic nitrogens is 2. The molecule has 0 aliphatic carbocycles. The van der Waals surface area contributed by atoms with Crippen LogP contribution in [0.1, 0.15) is 19.4 Å². The molecule has 0 fully saturated rings. The molecular weight excluding hydrogens is 332 g/mol. The minimum atomic E-state index is -0.492. The van der Waals surface area contributed by atoms with Gasteiger partial charge in [0.1, 0.15) is 5.52 Å². The first-order chi connectivity index (χ1) is 12.1. The summed E-state index contributed by atoms with van der Waals surface area (Å²) in [7, 11) is 0. The zero-order valence-electron chi connectivity index (χ0n) is 14.2. The number of aliphatic hydroxyl groups excluding tert-OH is 1. The molecule has 0 bridgehead atoms. The molecule has 0 saturated heterocycles. The van der Waals surface area contributed by atoms with Crippen LogP contribution in [-0.4, -0.2) is 34.3 Å². The number of aliphatic hydroxyl groups is 1. The first-order valence-corrected chi connectivity index (χ1v) is 9.02. The molecule has 0 spiro atoms. The Morgan fingerprint density at radius 1 is 1.32 bits per heavy atom. The molecule has 3 rings (SSSR count). The van der Waals surface area contributed by atoms with Crippen LogP contribution in [0.2, 0.25) is 0 Å². The SMILES string of the molecule is C#Cc1csc2c(N(CC)c3ccccc3)nc(NCC(C)O)nc12. The number of anilines is 3. The summed E-state index contributed by atoms with van der Waals surface area (Å²) in [5.74, 6) is 3.97. The summed E-state index contributed by atoms with van der Waals surface area (Å²) in [6, 6.07) is 10.1. The third kappa shape index (κ3) is 3.58. The molecule has 2 N–H and O–H groups in total. The van der Waals surface area contributed by atoms with Crippen molar-refractivity contribution in [3.8, 4) is 12.3 Å². The molecule has 3 aromatic rings. The summed E-state index contributed by atoms with van der Waals surface area (Å²) in [6.45, 7) is 4.93. The number of thiophene rings is 1. The van der Waals surface area contributed by atoms with E-state index in [2.05, 4.69) is 40.2 Å². The van der Waals surface area contributed by atoms with Gasteiger partial charge in [0.25, 0.3) is 0 Å². The minimum Gasteiger partial charge on any atom is -0.392 e. The monoisotopic (exact) mass is 352 g/mol. The van der Waals surface area contributed by atoms with E-state index < -0.39 is 6.10 Å². The number of terminal acetylenes is 1. The molecule has 0 radical (unpaired) electrons. The van der Waals surface area contributed by atoms with Crippen molar-refractivity contribution in [1.29, 1.82) is 0 Å². The van der Waals surface area contributed by atoms with Crippen molar-refractivity contribution in [2.45, 2.75) is 20.0 Å². The highest BCUT2D eigenvalue weighted by Gasteiger charge is 2.18. The number of benzene rings is 1. The summed E-state index contributed by atoms with van der Waals surface area (Å²) in [5.41, 5.74) is 2.58. The molecule has 2 heterocycles. The molecule has 6 heteroatoms. The van der Waals surface area contributed by atoms with Crippen LogP contribution in [-0.2, 0) is 0 Å². The molecular formula is C19H20N4OS. The van der Waals surface area contributed by atoms with E-state index in [9.17, 15) is 5.11 Å². The van der Waals surface area contributed by atoms with Gasteiger partial charge in [-0.25, -0.2) is 4.98 Å². The average molecular weight is 352 g/mol. The molecule has 0 amide bonds. The zero-order valence-corrected chi connectivity index (χ0v) is 15.0. The van der Waals surface area contributed by atoms with Crippen molar-refractivity contribution < 1.29 is 5.11 Å². The lowest BCUT2D eigenvalue weighted by Gasteiger charge is -2.23. The Morgan fingerprint density at radius 3 is 2.72 bits per heavy atom. The number of rotatable bonds is 6. The number of hydrogen-bond acceptors (Lipinski definition) is 6. The summed E-state index contributed by atoms with van der Waals surface area (Å²) in [4.78, 5) is 11.4. The molecule has 5 nitrogen and oxygen atoms in total. The molecule has 0 aliphatic rings. The Labute approximate surface area is 151 Å². The smallest absolute Gasteiger partial charge is 0.225 e. The fourth-order valence-corrected chi connectivity index (χ4v) is 3.51. The minimum absolute atomic E-state index is 0.373. The van der Waals surface area contributed by atoms with Crippen LogP contribution < -0.4 is 10.2 Å². The first-order valence-electron chi connectivity index (χ1n) is 8.14. The lowest BCUT2D eigenvalue weighted by Crippen LogP contribution is -2.20. The van der Waals surface area contributed by atoms with Gasteiger partial charge < -0.3 is 15.3 Å². The molecule has 2 aromatic heterocycles. The second-order valence-electron chi connectivity index (χ2n) is 5.65. The number of nitrogens with one attached hydrogen (secondary N) is 1. The van der Waals surface area contributed by atoms with Gasteiger partial charge in [-0.05, 0) is 26.0 Å². The van der Waals surface area contributed by atoms with E-state index in [4.69, 9.17) is 11.4 Å². The van der Waals surface area contributed by atoms with Gasteiger partial charge in [0, 0.05) is 24.2 Å². The van der Waals surface area contributed by atoms with E-state index in [1.165, 1.54) is 0 Å². The van der Waals surface area contributed by atoms with Crippen molar-refractivity contribution in [2.24, 2.45) is 0 Å². The molecule has 1 aromatic carbocycles. The highest BCUT2D eigenvalue weighted by Crippen LogP contribution is 2.35. The number of para-hydroxylation sites is 1. The van der Waals surface area contributed by atoms with Crippen LogP contribution in [0.4, 0.5) is 17.5 Å². The van der Waals surface area contributed by atoms with Crippen molar-refractivity contribution in [1.82, 2.24) is 9.97 Å². The number of fused-ring (bicyclic) bond motifs is 1.